The van der Waals surface area contributed by atoms with Gasteiger partial charge in [-0.05, 0) is 35.4 Å². The Morgan fingerprint density at radius 1 is 0.973 bits per heavy atom. The minimum absolute atomic E-state index is 0.00412. The molecule has 7 nitrogen and oxygen atoms in total. The first-order chi connectivity index (χ1) is 18.1. The molecule has 0 unspecified atom stereocenters. The third-order valence-electron chi connectivity index (χ3n) is 5.89. The fraction of sp³-hybridized carbons (Fsp3) is 0.111. The van der Waals surface area contributed by atoms with Crippen molar-refractivity contribution in [2.45, 2.75) is 19.6 Å². The fourth-order valence-corrected chi connectivity index (χ4v) is 5.87. The van der Waals surface area contributed by atoms with Crippen molar-refractivity contribution in [2.24, 2.45) is 0 Å². The quantitative estimate of drug-likeness (QED) is 0.249. The Hall–Kier alpha value is -3.79. The van der Waals surface area contributed by atoms with Crippen molar-refractivity contribution in [1.29, 1.82) is 0 Å². The molecule has 0 saturated carbocycles. The summed E-state index contributed by atoms with van der Waals surface area (Å²) in [5, 5.41) is 12.1. The highest BCUT2D eigenvalue weighted by Gasteiger charge is 2.11. The first-order valence-electron chi connectivity index (χ1n) is 11.6. The first kappa shape index (κ1) is 23.6. The Kier molecular flexibility index (Phi) is 6.57. The second kappa shape index (κ2) is 10.3. The van der Waals surface area contributed by atoms with Gasteiger partial charge in [-0.1, -0.05) is 41.9 Å². The third kappa shape index (κ3) is 5.34. The molecule has 0 spiro atoms. The van der Waals surface area contributed by atoms with Gasteiger partial charge in [0.05, 0.1) is 45.4 Å². The molecule has 0 aliphatic rings. The van der Waals surface area contributed by atoms with Crippen LogP contribution in [0, 0.1) is 0 Å². The highest BCUT2D eigenvalue weighted by atomic mass is 35.5. The minimum atomic E-state index is -0.00412. The number of aromatic nitrogens is 5. The van der Waals surface area contributed by atoms with Crippen molar-refractivity contribution in [1.82, 2.24) is 24.3 Å². The summed E-state index contributed by atoms with van der Waals surface area (Å²) in [5.74, 6) is 0.781. The van der Waals surface area contributed by atoms with Gasteiger partial charge in [0.15, 0.2) is 0 Å². The van der Waals surface area contributed by atoms with Crippen molar-refractivity contribution in [3.63, 3.8) is 0 Å². The number of rotatable bonds is 8. The number of nitrogens with zero attached hydrogens (tertiary/aromatic N) is 5. The summed E-state index contributed by atoms with van der Waals surface area (Å²) in [7, 11) is 0. The second-order valence-corrected chi connectivity index (χ2v) is 11.1. The molecule has 0 saturated heterocycles. The fourth-order valence-electron chi connectivity index (χ4n) is 4.06. The summed E-state index contributed by atoms with van der Waals surface area (Å²) >= 11 is 9.20. The van der Waals surface area contributed by atoms with E-state index in [0.29, 0.717) is 19.6 Å². The van der Waals surface area contributed by atoms with E-state index in [1.54, 1.807) is 40.4 Å². The number of halogens is 1. The molecule has 6 aromatic rings. The normalized spacial score (nSPS) is 11.3. The van der Waals surface area contributed by atoms with Gasteiger partial charge in [0.2, 0.25) is 0 Å². The van der Waals surface area contributed by atoms with Crippen LogP contribution >= 0.6 is 34.3 Å². The molecule has 0 radical (unpaired) electrons. The highest BCUT2D eigenvalue weighted by molar-refractivity contribution is 7.19. The van der Waals surface area contributed by atoms with E-state index in [9.17, 15) is 4.79 Å². The summed E-state index contributed by atoms with van der Waals surface area (Å²) in [6, 6.07) is 19.3. The number of thiophene rings is 1. The molecule has 1 N–H and O–H groups in total. The van der Waals surface area contributed by atoms with Crippen molar-refractivity contribution in [2.75, 3.05) is 5.32 Å². The lowest BCUT2D eigenvalue weighted by atomic mass is 10.1. The van der Waals surface area contributed by atoms with Crippen molar-refractivity contribution >= 4 is 51.0 Å². The van der Waals surface area contributed by atoms with Gasteiger partial charge in [0.1, 0.15) is 10.8 Å². The average Bonchev–Trinajstić information content (AvgIpc) is 3.65. The molecule has 1 aromatic carbocycles. The van der Waals surface area contributed by atoms with Gasteiger partial charge in [0, 0.05) is 30.0 Å². The molecule has 0 aliphatic heterocycles. The SMILES string of the molecule is O=c1ccccn1Cc1ccc(Cn2cc3c(NCc4nc(-c5ccc(Cl)s5)cs4)nccc3n2)cc1. The zero-order valence-corrected chi connectivity index (χ0v) is 21.9. The predicted molar refractivity (Wildman–Crippen MR) is 151 cm³/mol. The second-order valence-electron chi connectivity index (χ2n) is 8.49. The molecule has 184 valence electrons. The van der Waals surface area contributed by atoms with E-state index >= 15 is 0 Å². The molecule has 0 aliphatic carbocycles. The Morgan fingerprint density at radius 3 is 2.59 bits per heavy atom. The van der Waals surface area contributed by atoms with Gasteiger partial charge in [0.25, 0.3) is 5.56 Å². The van der Waals surface area contributed by atoms with E-state index in [-0.39, 0.29) is 5.56 Å². The zero-order chi connectivity index (χ0) is 25.2. The van der Waals surface area contributed by atoms with Crippen molar-refractivity contribution < 1.29 is 0 Å². The van der Waals surface area contributed by atoms with Crippen LogP contribution in [0.15, 0.2) is 89.4 Å². The van der Waals surface area contributed by atoms with Gasteiger partial charge >= 0.3 is 0 Å². The number of hydrogen-bond acceptors (Lipinski definition) is 7. The van der Waals surface area contributed by atoms with Crippen LogP contribution in [0.4, 0.5) is 5.82 Å². The van der Waals surface area contributed by atoms with Crippen LogP contribution in [-0.4, -0.2) is 24.3 Å². The highest BCUT2D eigenvalue weighted by Crippen LogP contribution is 2.32. The largest absolute Gasteiger partial charge is 0.363 e. The summed E-state index contributed by atoms with van der Waals surface area (Å²) in [6.07, 6.45) is 5.59. The maximum Gasteiger partial charge on any atom is 0.250 e. The molecule has 0 amide bonds. The molecule has 0 atom stereocenters. The van der Waals surface area contributed by atoms with Gasteiger partial charge in [-0.3, -0.25) is 9.48 Å². The van der Waals surface area contributed by atoms with Gasteiger partial charge in [-0.25, -0.2) is 9.97 Å². The maximum absolute atomic E-state index is 12.0. The summed E-state index contributed by atoms with van der Waals surface area (Å²) < 4.78 is 4.38. The standard InChI is InChI=1S/C27H21ClN6OS2/c28-24-9-8-23(37-24)22-17-36-25(31-22)13-30-27-20-16-34(32-21(20)10-11-29-27)15-19-6-4-18(5-7-19)14-33-12-2-1-3-26(33)35/h1-12,16-17H,13-15H2,(H,29,30). The van der Waals surface area contributed by atoms with Gasteiger partial charge in [-0.2, -0.15) is 5.10 Å². The molecule has 0 bridgehead atoms. The smallest absolute Gasteiger partial charge is 0.250 e. The first-order valence-corrected chi connectivity index (χ1v) is 13.7. The molecule has 0 fully saturated rings. The van der Waals surface area contributed by atoms with E-state index in [0.717, 1.165) is 47.8 Å². The van der Waals surface area contributed by atoms with Crippen LogP contribution in [0.2, 0.25) is 4.34 Å². The Labute approximate surface area is 225 Å². The number of fused-ring (bicyclic) bond motifs is 1. The van der Waals surface area contributed by atoms with Gasteiger partial charge in [-0.15, -0.1) is 22.7 Å². The number of thiazole rings is 1. The number of benzene rings is 1. The monoisotopic (exact) mass is 544 g/mol. The summed E-state index contributed by atoms with van der Waals surface area (Å²) in [5.41, 5.74) is 4.02. The summed E-state index contributed by atoms with van der Waals surface area (Å²) in [6.45, 7) is 1.76. The lowest BCUT2D eigenvalue weighted by Crippen LogP contribution is -2.18. The molecule has 5 aromatic heterocycles. The lowest BCUT2D eigenvalue weighted by molar-refractivity contribution is 0.694. The lowest BCUT2D eigenvalue weighted by Gasteiger charge is -2.07. The predicted octanol–water partition coefficient (Wildman–Crippen LogP) is 6.14. The Bertz CT molecular complexity index is 1730. The molecule has 37 heavy (non-hydrogen) atoms. The van der Waals surface area contributed by atoms with E-state index in [2.05, 4.69) is 39.9 Å². The topological polar surface area (TPSA) is 77.6 Å². The van der Waals surface area contributed by atoms with E-state index in [1.807, 2.05) is 35.1 Å². The number of anilines is 1. The number of nitrogens with one attached hydrogen (secondary N) is 1. The van der Waals surface area contributed by atoms with Crippen molar-refractivity contribution in [3.05, 3.63) is 115 Å². The van der Waals surface area contributed by atoms with Crippen molar-refractivity contribution in [3.8, 4) is 10.6 Å². The molecule has 5 heterocycles. The number of pyridine rings is 2. The molecular weight excluding hydrogens is 524 g/mol. The van der Waals surface area contributed by atoms with Crippen LogP contribution < -0.4 is 10.9 Å². The third-order valence-corrected chi connectivity index (χ3v) is 7.99. The van der Waals surface area contributed by atoms with Crippen LogP contribution in [0.3, 0.4) is 0 Å². The van der Waals surface area contributed by atoms with Crippen LogP contribution in [-0.2, 0) is 19.6 Å². The van der Waals surface area contributed by atoms with Crippen LogP contribution in [0.25, 0.3) is 21.5 Å². The molecule has 6 rings (SSSR count). The zero-order valence-electron chi connectivity index (χ0n) is 19.5. The number of hydrogen-bond donors (Lipinski definition) is 1. The summed E-state index contributed by atoms with van der Waals surface area (Å²) in [4.78, 5) is 22.3. The van der Waals surface area contributed by atoms with E-state index in [4.69, 9.17) is 21.7 Å². The van der Waals surface area contributed by atoms with Gasteiger partial charge < -0.3 is 9.88 Å². The van der Waals surface area contributed by atoms with Crippen LogP contribution in [0.5, 0.6) is 0 Å². The maximum atomic E-state index is 12.0. The Morgan fingerprint density at radius 2 is 1.81 bits per heavy atom. The Balaban J connectivity index is 1.14. The minimum Gasteiger partial charge on any atom is -0.363 e. The van der Waals surface area contributed by atoms with Crippen LogP contribution in [0.1, 0.15) is 16.1 Å². The molecule has 10 heteroatoms. The van der Waals surface area contributed by atoms with E-state index < -0.39 is 0 Å². The average molecular weight is 545 g/mol. The molecular formula is C27H21ClN6OS2. The van der Waals surface area contributed by atoms with E-state index in [1.165, 1.54) is 11.3 Å².